The van der Waals surface area contributed by atoms with E-state index >= 15 is 0 Å². The molecule has 0 N–H and O–H groups in total. The first-order valence-corrected chi connectivity index (χ1v) is 9.89. The first-order valence-electron chi connectivity index (χ1n) is 7.48. The van der Waals surface area contributed by atoms with Crippen LogP contribution in [0.25, 0.3) is 0 Å². The minimum absolute atomic E-state index is 0.583. The fourth-order valence-electron chi connectivity index (χ4n) is 1.56. The highest BCUT2D eigenvalue weighted by molar-refractivity contribution is 9.12. The van der Waals surface area contributed by atoms with Crippen LogP contribution in [0.2, 0.25) is 0 Å². The monoisotopic (exact) mass is 458 g/mol. The number of rotatable bonds is 14. The lowest BCUT2D eigenvalue weighted by atomic mass is 10.4. The molecule has 0 aromatic carbocycles. The van der Waals surface area contributed by atoms with Gasteiger partial charge in [0.2, 0.25) is 0 Å². The van der Waals surface area contributed by atoms with Gasteiger partial charge in [0.05, 0.1) is 53.8 Å². The van der Waals surface area contributed by atoms with Crippen LogP contribution in [0.1, 0.15) is 25.3 Å². The first kappa shape index (κ1) is 20.5. The molecule has 22 heavy (non-hydrogen) atoms. The Morgan fingerprint density at radius 2 is 1.41 bits per heavy atom. The van der Waals surface area contributed by atoms with Gasteiger partial charge in [-0.3, -0.25) is 0 Å². The lowest BCUT2D eigenvalue weighted by Gasteiger charge is -2.07. The highest BCUT2D eigenvalue weighted by Gasteiger charge is 2.04. The van der Waals surface area contributed by atoms with Gasteiger partial charge in [0.15, 0.2) is 0 Å². The summed E-state index contributed by atoms with van der Waals surface area (Å²) >= 11 is 8.60. The van der Waals surface area contributed by atoms with Gasteiger partial charge in [-0.25, -0.2) is 0 Å². The highest BCUT2D eigenvalue weighted by Crippen LogP contribution is 2.32. The Kier molecular flexibility index (Phi) is 13.0. The van der Waals surface area contributed by atoms with Crippen molar-refractivity contribution in [2.24, 2.45) is 0 Å². The molecular formula is C15H24Br2O4S. The molecule has 0 aliphatic rings. The van der Waals surface area contributed by atoms with Crippen LogP contribution in [0.15, 0.2) is 13.6 Å². The molecule has 0 aliphatic carbocycles. The van der Waals surface area contributed by atoms with E-state index in [1.165, 1.54) is 0 Å². The Hall–Kier alpha value is 0.500. The van der Waals surface area contributed by atoms with Gasteiger partial charge < -0.3 is 18.9 Å². The van der Waals surface area contributed by atoms with Crippen LogP contribution >= 0.6 is 43.2 Å². The van der Waals surface area contributed by atoms with Crippen LogP contribution in [-0.4, -0.2) is 46.2 Å². The van der Waals surface area contributed by atoms with Crippen molar-refractivity contribution < 1.29 is 18.9 Å². The van der Waals surface area contributed by atoms with E-state index in [4.69, 9.17) is 18.9 Å². The largest absolute Gasteiger partial charge is 0.379 e. The predicted molar refractivity (Wildman–Crippen MR) is 96.7 cm³/mol. The molecule has 128 valence electrons. The van der Waals surface area contributed by atoms with E-state index in [2.05, 4.69) is 44.8 Å². The SMILES string of the molecule is CCCCOCCOCCOCCOCc1cc(Br)sc1Br. The van der Waals surface area contributed by atoms with Gasteiger partial charge in [-0.05, 0) is 44.3 Å². The fourth-order valence-corrected chi connectivity index (χ4v) is 4.35. The van der Waals surface area contributed by atoms with Crippen molar-refractivity contribution in [1.82, 2.24) is 0 Å². The van der Waals surface area contributed by atoms with Crippen LogP contribution in [0.4, 0.5) is 0 Å². The van der Waals surface area contributed by atoms with Crippen molar-refractivity contribution in [3.8, 4) is 0 Å². The molecule has 0 spiro atoms. The number of hydrogen-bond donors (Lipinski definition) is 0. The average molecular weight is 460 g/mol. The summed E-state index contributed by atoms with van der Waals surface area (Å²) < 4.78 is 24.0. The van der Waals surface area contributed by atoms with Crippen molar-refractivity contribution in [2.45, 2.75) is 26.4 Å². The molecule has 1 heterocycles. The van der Waals surface area contributed by atoms with Gasteiger partial charge in [-0.15, -0.1) is 11.3 Å². The second kappa shape index (κ2) is 13.9. The average Bonchev–Trinajstić information content (AvgIpc) is 2.82. The number of halogens is 2. The van der Waals surface area contributed by atoms with E-state index in [0.29, 0.717) is 46.2 Å². The zero-order valence-electron chi connectivity index (χ0n) is 12.9. The Morgan fingerprint density at radius 1 is 0.864 bits per heavy atom. The molecule has 1 aromatic heterocycles. The third-order valence-corrected chi connectivity index (χ3v) is 5.21. The second-order valence-electron chi connectivity index (χ2n) is 4.59. The van der Waals surface area contributed by atoms with Crippen molar-refractivity contribution in [3.05, 3.63) is 19.2 Å². The van der Waals surface area contributed by atoms with E-state index in [0.717, 1.165) is 32.6 Å². The first-order chi connectivity index (χ1) is 10.7. The highest BCUT2D eigenvalue weighted by atomic mass is 79.9. The molecule has 0 amide bonds. The summed E-state index contributed by atoms with van der Waals surface area (Å²) in [6, 6.07) is 2.06. The Labute approximate surface area is 153 Å². The normalized spacial score (nSPS) is 11.2. The molecule has 0 aliphatic heterocycles. The van der Waals surface area contributed by atoms with Crippen molar-refractivity contribution in [2.75, 3.05) is 46.2 Å². The number of unbranched alkanes of at least 4 members (excludes halogenated alkanes) is 1. The van der Waals surface area contributed by atoms with Crippen molar-refractivity contribution in [1.29, 1.82) is 0 Å². The van der Waals surface area contributed by atoms with E-state index in [1.54, 1.807) is 11.3 Å². The second-order valence-corrected chi connectivity index (χ2v) is 8.34. The lowest BCUT2D eigenvalue weighted by Crippen LogP contribution is -2.12. The summed E-state index contributed by atoms with van der Waals surface area (Å²) in [6.07, 6.45) is 2.28. The molecule has 0 fully saturated rings. The summed E-state index contributed by atoms with van der Waals surface area (Å²) in [4.78, 5) is 0. The molecule has 4 nitrogen and oxygen atoms in total. The predicted octanol–water partition coefficient (Wildman–Crippen LogP) is 4.64. The van der Waals surface area contributed by atoms with E-state index in [9.17, 15) is 0 Å². The summed E-state index contributed by atoms with van der Waals surface area (Å²) in [5, 5.41) is 0. The Balaban J connectivity index is 1.81. The van der Waals surface area contributed by atoms with Crippen molar-refractivity contribution in [3.63, 3.8) is 0 Å². The van der Waals surface area contributed by atoms with E-state index in [-0.39, 0.29) is 0 Å². The van der Waals surface area contributed by atoms with Crippen LogP contribution in [0, 0.1) is 0 Å². The van der Waals surface area contributed by atoms with Crippen LogP contribution in [0.5, 0.6) is 0 Å². The van der Waals surface area contributed by atoms with E-state index < -0.39 is 0 Å². The lowest BCUT2D eigenvalue weighted by molar-refractivity contribution is -0.00432. The minimum atomic E-state index is 0.583. The molecule has 0 unspecified atom stereocenters. The quantitative estimate of drug-likeness (QED) is 0.380. The molecule has 0 atom stereocenters. The van der Waals surface area contributed by atoms with Crippen LogP contribution < -0.4 is 0 Å². The standard InChI is InChI=1S/C15H24Br2O4S/c1-2-3-4-18-5-6-19-7-8-20-9-10-21-12-13-11-14(16)22-15(13)17/h11H,2-10,12H2,1H3. The molecule has 0 bridgehead atoms. The topological polar surface area (TPSA) is 36.9 Å². The minimum Gasteiger partial charge on any atom is -0.379 e. The number of ether oxygens (including phenoxy) is 4. The maximum Gasteiger partial charge on any atom is 0.0765 e. The molecule has 0 saturated heterocycles. The van der Waals surface area contributed by atoms with Gasteiger partial charge >= 0.3 is 0 Å². The van der Waals surface area contributed by atoms with Gasteiger partial charge in [-0.2, -0.15) is 0 Å². The molecule has 0 saturated carbocycles. The summed E-state index contributed by atoms with van der Waals surface area (Å²) in [5.74, 6) is 0. The van der Waals surface area contributed by atoms with Crippen LogP contribution in [0.3, 0.4) is 0 Å². The maximum atomic E-state index is 5.57. The summed E-state index contributed by atoms with van der Waals surface area (Å²) in [5.41, 5.74) is 1.16. The van der Waals surface area contributed by atoms with Gasteiger partial charge in [0, 0.05) is 12.2 Å². The number of hydrogen-bond acceptors (Lipinski definition) is 5. The third kappa shape index (κ3) is 10.3. The van der Waals surface area contributed by atoms with Gasteiger partial charge in [0.25, 0.3) is 0 Å². The molecule has 7 heteroatoms. The number of thiophene rings is 1. The smallest absolute Gasteiger partial charge is 0.0765 e. The maximum absolute atomic E-state index is 5.57. The molecule has 1 aromatic rings. The van der Waals surface area contributed by atoms with E-state index in [1.807, 2.05) is 0 Å². The Morgan fingerprint density at radius 3 is 1.91 bits per heavy atom. The molecule has 0 radical (unpaired) electrons. The van der Waals surface area contributed by atoms with Crippen molar-refractivity contribution >= 4 is 43.2 Å². The molecule has 1 rings (SSSR count). The van der Waals surface area contributed by atoms with Crippen LogP contribution in [-0.2, 0) is 25.6 Å². The fraction of sp³-hybridized carbons (Fsp3) is 0.733. The zero-order valence-corrected chi connectivity index (χ0v) is 16.9. The zero-order chi connectivity index (χ0) is 16.0. The third-order valence-electron chi connectivity index (χ3n) is 2.74. The summed E-state index contributed by atoms with van der Waals surface area (Å²) in [6.45, 7) is 7.21. The summed E-state index contributed by atoms with van der Waals surface area (Å²) in [7, 11) is 0. The Bertz CT molecular complexity index is 388. The van der Waals surface area contributed by atoms with Gasteiger partial charge in [-0.1, -0.05) is 13.3 Å². The van der Waals surface area contributed by atoms with Gasteiger partial charge in [0.1, 0.15) is 0 Å². The molecular weight excluding hydrogens is 436 g/mol.